The summed E-state index contributed by atoms with van der Waals surface area (Å²) >= 11 is -4.22. The second kappa shape index (κ2) is 10.0. The van der Waals surface area contributed by atoms with Gasteiger partial charge >= 0.3 is 111 Å². The fourth-order valence-electron chi connectivity index (χ4n) is 0.629. The van der Waals surface area contributed by atoms with Crippen molar-refractivity contribution in [3.05, 3.63) is 37.2 Å². The molecule has 0 saturated heterocycles. The molecule has 102 valence electrons. The molecule has 10 heteroatoms. The fourth-order valence-corrected chi connectivity index (χ4v) is 2.62. The van der Waals surface area contributed by atoms with E-state index in [1.54, 1.807) is 0 Å². The summed E-state index contributed by atoms with van der Waals surface area (Å²) in [6, 6.07) is 0. The quantitative estimate of drug-likeness (QED) is 0.533. The summed E-state index contributed by atoms with van der Waals surface area (Å²) in [5.41, 5.74) is 0. The first kappa shape index (κ1) is 17.1. The van der Waals surface area contributed by atoms with Crippen molar-refractivity contribution in [3.63, 3.8) is 0 Å². The molecule has 0 N–H and O–H groups in total. The predicted molar refractivity (Wildman–Crippen MR) is 54.8 cm³/mol. The second-order valence-electron chi connectivity index (χ2n) is 2.48. The Hall–Kier alpha value is -1.94. The second-order valence-corrected chi connectivity index (χ2v) is 5.17. The van der Waals surface area contributed by atoms with E-state index >= 15 is 0 Å². The van der Waals surface area contributed by atoms with Crippen molar-refractivity contribution in [1.29, 1.82) is 0 Å². The van der Waals surface area contributed by atoms with E-state index in [4.69, 9.17) is 0 Å². The third-order valence-electron chi connectivity index (χ3n) is 1.23. The molecule has 0 bridgehead atoms. The average molecular weight is 337 g/mol. The Morgan fingerprint density at radius 1 is 0.684 bits per heavy atom. The summed E-state index contributed by atoms with van der Waals surface area (Å²) in [7, 11) is 0. The molecule has 0 aliphatic rings. The van der Waals surface area contributed by atoms with Crippen molar-refractivity contribution in [2.75, 3.05) is 0 Å². The van der Waals surface area contributed by atoms with Gasteiger partial charge in [-0.15, -0.1) is 0 Å². The summed E-state index contributed by atoms with van der Waals surface area (Å²) in [4.78, 5) is 32.6. The van der Waals surface area contributed by atoms with Gasteiger partial charge in [0.1, 0.15) is 0 Å². The molecule has 0 spiro atoms. The van der Waals surface area contributed by atoms with Crippen LogP contribution in [0.4, 0.5) is 13.2 Å². The first-order chi connectivity index (χ1) is 9.03. The monoisotopic (exact) mass is 336 g/mol. The molecule has 19 heavy (non-hydrogen) atoms. The topological polar surface area (TPSA) is 78.9 Å². The zero-order valence-electron chi connectivity index (χ0n) is 9.12. The Balaban J connectivity index is 4.67. The Morgan fingerprint density at radius 2 is 0.947 bits per heavy atom. The van der Waals surface area contributed by atoms with E-state index in [1.165, 1.54) is 0 Å². The minimum atomic E-state index is -4.22. The van der Waals surface area contributed by atoms with Crippen molar-refractivity contribution in [2.24, 2.45) is 0 Å². The van der Waals surface area contributed by atoms with Crippen LogP contribution in [0.1, 0.15) is 0 Å². The van der Waals surface area contributed by atoms with Crippen molar-refractivity contribution < 1.29 is 38.1 Å². The number of halogens is 3. The van der Waals surface area contributed by atoms with Crippen LogP contribution >= 0.6 is 0 Å². The molecule has 0 aliphatic carbocycles. The van der Waals surface area contributed by atoms with Crippen molar-refractivity contribution >= 4 is 35.2 Å². The van der Waals surface area contributed by atoms with Crippen molar-refractivity contribution in [3.8, 4) is 0 Å². The summed E-state index contributed by atoms with van der Waals surface area (Å²) < 4.78 is 48.0. The van der Waals surface area contributed by atoms with Gasteiger partial charge in [0, 0.05) is 0 Å². The number of carbonyl (C=O) groups excluding carboxylic acids is 3. The van der Waals surface area contributed by atoms with Gasteiger partial charge in [0.05, 0.1) is 0 Å². The first-order valence-corrected chi connectivity index (χ1v) is 7.42. The van der Waals surface area contributed by atoms with Crippen LogP contribution in [-0.2, 0) is 25.0 Å². The Kier molecular flexibility index (Phi) is 9.00. The number of carbonyl (C=O) groups is 3. The van der Waals surface area contributed by atoms with Gasteiger partial charge in [0.25, 0.3) is 0 Å². The van der Waals surface area contributed by atoms with Crippen molar-refractivity contribution in [2.45, 2.75) is 0 Å². The van der Waals surface area contributed by atoms with E-state index in [0.717, 1.165) is 0 Å². The van der Waals surface area contributed by atoms with E-state index in [-0.39, 0.29) is 19.0 Å². The molecule has 0 aliphatic heterocycles. The normalized spacial score (nSPS) is 10.9. The van der Waals surface area contributed by atoms with Gasteiger partial charge in [-0.2, -0.15) is 0 Å². The van der Waals surface area contributed by atoms with Gasteiger partial charge in [-0.3, -0.25) is 0 Å². The average Bonchev–Trinajstić information content (AvgIpc) is 2.29. The molecule has 6 nitrogen and oxygen atoms in total. The number of rotatable bonds is 6. The summed E-state index contributed by atoms with van der Waals surface area (Å²) in [6.07, 6.45) is 0.512. The molecule has 0 rings (SSSR count). The SMILES string of the molecule is O=C(C=CF)[O][Ga]([O]C(=O)C=CF)[O]C(=O)C=CF. The molecular weight excluding hydrogens is 331 g/mol. The van der Waals surface area contributed by atoms with Crippen molar-refractivity contribution in [1.82, 2.24) is 0 Å². The molecule has 0 saturated carbocycles. The molecule has 0 unspecified atom stereocenters. The first-order valence-electron chi connectivity index (χ1n) is 4.45. The van der Waals surface area contributed by atoms with Crippen LogP contribution in [0.2, 0.25) is 0 Å². The standard InChI is InChI=1S/3C3H3FO2.Ga/c3*4-2-1-3(5)6;/h3*1-2H,(H,5,6);/q;;;+3/p-3. The van der Waals surface area contributed by atoms with E-state index < -0.39 is 35.2 Å². The Morgan fingerprint density at radius 3 is 1.16 bits per heavy atom. The van der Waals surface area contributed by atoms with E-state index in [9.17, 15) is 27.6 Å². The van der Waals surface area contributed by atoms with Gasteiger partial charge in [0.2, 0.25) is 0 Å². The van der Waals surface area contributed by atoms with Crippen LogP contribution in [0.5, 0.6) is 0 Å². The van der Waals surface area contributed by atoms with Gasteiger partial charge in [-0.1, -0.05) is 0 Å². The third-order valence-corrected chi connectivity index (χ3v) is 3.91. The van der Waals surface area contributed by atoms with Crippen LogP contribution < -0.4 is 0 Å². The van der Waals surface area contributed by atoms with Gasteiger partial charge in [-0.05, 0) is 0 Å². The van der Waals surface area contributed by atoms with Crippen LogP contribution in [-0.4, -0.2) is 35.2 Å². The van der Waals surface area contributed by atoms with Crippen LogP contribution in [0.3, 0.4) is 0 Å². The molecule has 0 aromatic rings. The van der Waals surface area contributed by atoms with Gasteiger partial charge < -0.3 is 0 Å². The summed E-state index contributed by atoms with van der Waals surface area (Å²) in [6.45, 7) is 0. The minimum absolute atomic E-state index is 0.159. The molecule has 0 amide bonds. The molecule has 0 radical (unpaired) electrons. The molecule has 0 atom stereocenters. The van der Waals surface area contributed by atoms with Crippen LogP contribution in [0, 0.1) is 0 Å². The number of hydrogen-bond acceptors (Lipinski definition) is 6. The molecule has 0 aromatic heterocycles. The maximum atomic E-state index is 11.7. The molecule has 0 fully saturated rings. The summed E-state index contributed by atoms with van der Waals surface area (Å²) in [5.74, 6) is -3.83. The molecule has 0 heterocycles. The zero-order valence-corrected chi connectivity index (χ0v) is 11.5. The van der Waals surface area contributed by atoms with E-state index in [2.05, 4.69) is 10.6 Å². The Bertz CT molecular complexity index is 358. The van der Waals surface area contributed by atoms with Gasteiger partial charge in [0.15, 0.2) is 0 Å². The Labute approximate surface area is 111 Å². The molecule has 0 aromatic carbocycles. The molecular formula is C9H6F3GaO6. The maximum absolute atomic E-state index is 11.7. The van der Waals surface area contributed by atoms with E-state index in [1.807, 2.05) is 0 Å². The van der Waals surface area contributed by atoms with Gasteiger partial charge in [-0.25, -0.2) is 0 Å². The third kappa shape index (κ3) is 8.74. The predicted octanol–water partition coefficient (Wildman–Crippen LogP) is 1.05. The fraction of sp³-hybridized carbons (Fsp3) is 0. The van der Waals surface area contributed by atoms with Crippen LogP contribution in [0.15, 0.2) is 37.2 Å². The number of hydrogen-bond donors (Lipinski definition) is 0. The van der Waals surface area contributed by atoms with E-state index in [0.29, 0.717) is 18.2 Å². The van der Waals surface area contributed by atoms with Crippen LogP contribution in [0.25, 0.3) is 0 Å². The zero-order chi connectivity index (χ0) is 14.7. The summed E-state index contributed by atoms with van der Waals surface area (Å²) in [5, 5.41) is 0.